The normalized spacial score (nSPS) is 17.4. The van der Waals surface area contributed by atoms with E-state index in [-0.39, 0.29) is 11.7 Å². The summed E-state index contributed by atoms with van der Waals surface area (Å²) in [7, 11) is 0. The summed E-state index contributed by atoms with van der Waals surface area (Å²) in [6.07, 6.45) is 2.14. The summed E-state index contributed by atoms with van der Waals surface area (Å²) in [5, 5.41) is 16.0. The van der Waals surface area contributed by atoms with Crippen LogP contribution in [-0.4, -0.2) is 11.5 Å². The molecule has 0 spiro atoms. The van der Waals surface area contributed by atoms with Gasteiger partial charge in [0.2, 0.25) is 0 Å². The monoisotopic (exact) mass is 358 g/mol. The Morgan fingerprint density at radius 3 is 2.62 bits per heavy atom. The molecule has 0 saturated heterocycles. The third kappa shape index (κ3) is 3.82. The van der Waals surface area contributed by atoms with Crippen LogP contribution in [0.15, 0.2) is 45.0 Å². The van der Waals surface area contributed by atoms with E-state index in [9.17, 15) is 10.1 Å². The molecule has 0 radical (unpaired) electrons. The number of aryl methyl sites for hydroxylation is 1. The number of allylic oxidation sites excluding steroid dienone is 4. The molecule has 1 atom stereocenters. The molecule has 3 nitrogen and oxygen atoms in total. The fraction of sp³-hybridized carbons (Fsp3) is 0.368. The molecular weight excluding hydrogens is 336 g/mol. The molecule has 2 rings (SSSR count). The molecule has 5 heteroatoms. The Hall–Kier alpha value is -1.77. The van der Waals surface area contributed by atoms with Gasteiger partial charge in [-0.2, -0.15) is 5.26 Å². The van der Waals surface area contributed by atoms with Gasteiger partial charge in [0.1, 0.15) is 0 Å². The zero-order valence-corrected chi connectivity index (χ0v) is 16.3. The van der Waals surface area contributed by atoms with Gasteiger partial charge in [0.25, 0.3) is 0 Å². The summed E-state index contributed by atoms with van der Waals surface area (Å²) in [6, 6.07) is 4.40. The minimum atomic E-state index is -0.261. The van der Waals surface area contributed by atoms with Crippen molar-refractivity contribution in [3.8, 4) is 6.07 Å². The Morgan fingerprint density at radius 2 is 2.12 bits per heavy atom. The van der Waals surface area contributed by atoms with Crippen LogP contribution in [0.3, 0.4) is 0 Å². The largest absolute Gasteiger partial charge is 0.353 e. The van der Waals surface area contributed by atoms with Crippen LogP contribution in [0.25, 0.3) is 0 Å². The van der Waals surface area contributed by atoms with Crippen LogP contribution in [0.1, 0.15) is 44.1 Å². The smallest absolute Gasteiger partial charge is 0.158 e. The van der Waals surface area contributed by atoms with E-state index in [1.807, 2.05) is 25.3 Å². The molecule has 126 valence electrons. The number of nitrogens with zero attached hydrogens (tertiary/aromatic N) is 1. The highest BCUT2D eigenvalue weighted by atomic mass is 32.2. The standard InChI is InChI=1S/C19H22N2OS2/c1-11(2)6-8-24-19-15(10-20)17(18-12(3)7-9-23-18)16(14(5)22)13(4)21-19/h6-7,9,17,21H,8H2,1-5H3. The summed E-state index contributed by atoms with van der Waals surface area (Å²) < 4.78 is 0. The number of nitrogens with one attached hydrogen (secondary N) is 1. The summed E-state index contributed by atoms with van der Waals surface area (Å²) in [5.74, 6) is 0.552. The summed E-state index contributed by atoms with van der Waals surface area (Å²) in [4.78, 5) is 13.3. The van der Waals surface area contributed by atoms with Gasteiger partial charge in [-0.25, -0.2) is 0 Å². The maximum atomic E-state index is 12.3. The Labute approximate surface area is 152 Å². The van der Waals surface area contributed by atoms with E-state index in [0.717, 1.165) is 26.9 Å². The quantitative estimate of drug-likeness (QED) is 0.749. The zero-order chi connectivity index (χ0) is 17.9. The van der Waals surface area contributed by atoms with Crippen molar-refractivity contribution in [3.63, 3.8) is 0 Å². The van der Waals surface area contributed by atoms with Gasteiger partial charge < -0.3 is 5.32 Å². The van der Waals surface area contributed by atoms with Gasteiger partial charge in [0.05, 0.1) is 22.6 Å². The van der Waals surface area contributed by atoms with Gasteiger partial charge in [0.15, 0.2) is 5.78 Å². The lowest BCUT2D eigenvalue weighted by Crippen LogP contribution is -2.27. The van der Waals surface area contributed by atoms with Crippen LogP contribution in [-0.2, 0) is 4.79 Å². The van der Waals surface area contributed by atoms with Crippen LogP contribution in [0, 0.1) is 18.3 Å². The van der Waals surface area contributed by atoms with Crippen LogP contribution >= 0.6 is 23.1 Å². The van der Waals surface area contributed by atoms with Gasteiger partial charge in [-0.15, -0.1) is 23.1 Å². The van der Waals surface area contributed by atoms with E-state index in [4.69, 9.17) is 0 Å². The van der Waals surface area contributed by atoms with Crippen LogP contribution < -0.4 is 5.32 Å². The summed E-state index contributed by atoms with van der Waals surface area (Å²) in [6.45, 7) is 9.65. The zero-order valence-electron chi connectivity index (χ0n) is 14.7. The predicted molar refractivity (Wildman–Crippen MR) is 103 cm³/mol. The molecular formula is C19H22N2OS2. The molecule has 1 unspecified atom stereocenters. The number of hydrogen-bond acceptors (Lipinski definition) is 5. The second-order valence-electron chi connectivity index (χ2n) is 6.07. The first-order valence-electron chi connectivity index (χ1n) is 7.80. The van der Waals surface area contributed by atoms with Gasteiger partial charge in [-0.1, -0.05) is 11.6 Å². The van der Waals surface area contributed by atoms with Crippen LogP contribution in [0.4, 0.5) is 0 Å². The molecule has 0 aliphatic carbocycles. The summed E-state index contributed by atoms with van der Waals surface area (Å²) in [5.41, 5.74) is 4.56. The average Bonchev–Trinajstić information content (AvgIpc) is 2.91. The lowest BCUT2D eigenvalue weighted by Gasteiger charge is -2.28. The number of dihydropyridines is 1. The molecule has 1 aromatic rings. The molecule has 1 aliphatic heterocycles. The van der Waals surface area contributed by atoms with Crippen molar-refractivity contribution >= 4 is 28.9 Å². The minimum absolute atomic E-state index is 0.0129. The van der Waals surface area contributed by atoms with Gasteiger partial charge in [-0.3, -0.25) is 4.79 Å². The van der Waals surface area contributed by atoms with Crippen molar-refractivity contribution in [1.82, 2.24) is 5.32 Å². The average molecular weight is 359 g/mol. The van der Waals surface area contributed by atoms with E-state index in [1.165, 1.54) is 5.57 Å². The van der Waals surface area contributed by atoms with E-state index >= 15 is 0 Å². The van der Waals surface area contributed by atoms with E-state index in [2.05, 4.69) is 31.3 Å². The molecule has 1 aromatic heterocycles. The number of nitriles is 1. The first-order chi connectivity index (χ1) is 11.4. The number of rotatable bonds is 5. The van der Waals surface area contributed by atoms with Crippen molar-refractivity contribution in [3.05, 3.63) is 55.4 Å². The topological polar surface area (TPSA) is 52.9 Å². The highest BCUT2D eigenvalue weighted by Gasteiger charge is 2.34. The van der Waals surface area contributed by atoms with Gasteiger partial charge >= 0.3 is 0 Å². The molecule has 0 amide bonds. The molecule has 0 fully saturated rings. The number of carbonyl (C=O) groups excluding carboxylic acids is 1. The SMILES string of the molecule is CC(=O)C1=C(C)NC(SCC=C(C)C)=C(C#N)C1c1sccc1C. The van der Waals surface area contributed by atoms with Crippen LogP contribution in [0.2, 0.25) is 0 Å². The molecule has 0 saturated carbocycles. The number of Topliss-reactive ketones (excluding diaryl/α,β-unsaturated/α-hetero) is 1. The lowest BCUT2D eigenvalue weighted by molar-refractivity contribution is -0.113. The summed E-state index contributed by atoms with van der Waals surface area (Å²) >= 11 is 3.22. The Morgan fingerprint density at radius 1 is 1.42 bits per heavy atom. The highest BCUT2D eigenvalue weighted by Crippen LogP contribution is 2.43. The number of thioether (sulfide) groups is 1. The van der Waals surface area contributed by atoms with Crippen molar-refractivity contribution in [2.75, 3.05) is 5.75 Å². The molecule has 1 N–H and O–H groups in total. The molecule has 0 bridgehead atoms. The second kappa shape index (κ2) is 7.87. The number of thiophene rings is 1. The Bertz CT molecular complexity index is 787. The molecule has 2 heterocycles. The highest BCUT2D eigenvalue weighted by molar-refractivity contribution is 8.03. The van der Waals surface area contributed by atoms with Crippen molar-refractivity contribution in [2.24, 2.45) is 0 Å². The second-order valence-corrected chi connectivity index (χ2v) is 8.05. The number of carbonyl (C=O) groups is 1. The Balaban J connectivity index is 2.53. The first kappa shape index (κ1) is 18.6. The maximum absolute atomic E-state index is 12.3. The van der Waals surface area contributed by atoms with E-state index in [1.54, 1.807) is 30.0 Å². The maximum Gasteiger partial charge on any atom is 0.158 e. The fourth-order valence-corrected chi connectivity index (χ4v) is 4.90. The molecule has 0 aromatic carbocycles. The molecule has 1 aliphatic rings. The van der Waals surface area contributed by atoms with E-state index < -0.39 is 0 Å². The van der Waals surface area contributed by atoms with Crippen molar-refractivity contribution < 1.29 is 4.79 Å². The lowest BCUT2D eigenvalue weighted by atomic mass is 9.84. The fourth-order valence-electron chi connectivity index (χ4n) is 2.73. The third-order valence-corrected chi connectivity index (χ3v) is 5.94. The predicted octanol–water partition coefficient (Wildman–Crippen LogP) is 5.04. The third-order valence-electron chi connectivity index (χ3n) is 3.91. The minimum Gasteiger partial charge on any atom is -0.353 e. The number of hydrogen-bond donors (Lipinski definition) is 1. The van der Waals surface area contributed by atoms with Gasteiger partial charge in [-0.05, 0) is 51.6 Å². The van der Waals surface area contributed by atoms with Crippen molar-refractivity contribution in [1.29, 1.82) is 5.26 Å². The van der Waals surface area contributed by atoms with Crippen molar-refractivity contribution in [2.45, 2.75) is 40.5 Å². The first-order valence-corrected chi connectivity index (χ1v) is 9.66. The van der Waals surface area contributed by atoms with Gasteiger partial charge in [0, 0.05) is 21.9 Å². The van der Waals surface area contributed by atoms with E-state index in [0.29, 0.717) is 11.1 Å². The van der Waals surface area contributed by atoms with Crippen LogP contribution in [0.5, 0.6) is 0 Å². The Kier molecular flexibility index (Phi) is 6.09. The number of ketones is 1. The molecule has 24 heavy (non-hydrogen) atoms.